The molecule has 2 aliphatic rings. The fourth-order valence-corrected chi connectivity index (χ4v) is 2.39. The Morgan fingerprint density at radius 1 is 1.45 bits per heavy atom. The molecule has 0 aliphatic carbocycles. The van der Waals surface area contributed by atoms with E-state index in [0.29, 0.717) is 17.7 Å². The van der Waals surface area contributed by atoms with Crippen molar-refractivity contribution in [1.29, 1.82) is 0 Å². The second kappa shape index (κ2) is 2.59. The van der Waals surface area contributed by atoms with Crippen LogP contribution < -0.4 is 0 Å². The number of fused-ring (bicyclic) bond motifs is 1. The zero-order valence-corrected chi connectivity index (χ0v) is 7.05. The molecule has 0 bridgehead atoms. The molecule has 2 atom stereocenters. The van der Waals surface area contributed by atoms with Crippen molar-refractivity contribution in [3.63, 3.8) is 0 Å². The summed E-state index contributed by atoms with van der Waals surface area (Å²) >= 11 is 0. The second-order valence-electron chi connectivity index (χ2n) is 3.75. The van der Waals surface area contributed by atoms with Crippen molar-refractivity contribution in [2.45, 2.75) is 32.2 Å². The molecular formula is C9H15NO. The zero-order chi connectivity index (χ0) is 7.84. The molecule has 0 radical (unpaired) electrons. The summed E-state index contributed by atoms with van der Waals surface area (Å²) in [7, 11) is 0. The maximum atomic E-state index is 11.3. The van der Waals surface area contributed by atoms with Crippen LogP contribution in [0.5, 0.6) is 0 Å². The Balaban J connectivity index is 2.11. The van der Waals surface area contributed by atoms with Gasteiger partial charge in [-0.25, -0.2) is 0 Å². The molecule has 1 unspecified atom stereocenters. The largest absolute Gasteiger partial charge is 0.299 e. The van der Waals surface area contributed by atoms with Crippen molar-refractivity contribution >= 4 is 5.78 Å². The smallest absolute Gasteiger partial charge is 0.138 e. The van der Waals surface area contributed by atoms with Gasteiger partial charge in [0, 0.05) is 24.9 Å². The summed E-state index contributed by atoms with van der Waals surface area (Å²) in [5, 5.41) is 0. The molecule has 0 aromatic carbocycles. The van der Waals surface area contributed by atoms with Crippen LogP contribution in [-0.4, -0.2) is 29.8 Å². The SMILES string of the molecule is CC1C(=O)CCN2CCC[C@@H]12. The van der Waals surface area contributed by atoms with Gasteiger partial charge in [-0.3, -0.25) is 9.69 Å². The van der Waals surface area contributed by atoms with Crippen molar-refractivity contribution in [2.75, 3.05) is 13.1 Å². The van der Waals surface area contributed by atoms with E-state index in [2.05, 4.69) is 11.8 Å². The molecule has 2 saturated heterocycles. The lowest BCUT2D eigenvalue weighted by Gasteiger charge is -2.33. The molecule has 0 aromatic rings. The van der Waals surface area contributed by atoms with Crippen LogP contribution in [0.25, 0.3) is 0 Å². The summed E-state index contributed by atoms with van der Waals surface area (Å²) in [4.78, 5) is 13.8. The van der Waals surface area contributed by atoms with E-state index in [4.69, 9.17) is 0 Å². The summed E-state index contributed by atoms with van der Waals surface area (Å²) in [6.07, 6.45) is 3.33. The van der Waals surface area contributed by atoms with Crippen molar-refractivity contribution in [1.82, 2.24) is 4.90 Å². The summed E-state index contributed by atoms with van der Waals surface area (Å²) in [6, 6.07) is 0.594. The number of hydrogen-bond acceptors (Lipinski definition) is 2. The third-order valence-corrected chi connectivity index (χ3v) is 3.14. The second-order valence-corrected chi connectivity index (χ2v) is 3.75. The van der Waals surface area contributed by atoms with Crippen LogP contribution in [0.2, 0.25) is 0 Å². The first kappa shape index (κ1) is 7.29. The highest BCUT2D eigenvalue weighted by molar-refractivity contribution is 5.82. The van der Waals surface area contributed by atoms with E-state index in [9.17, 15) is 4.79 Å². The Labute approximate surface area is 67.6 Å². The number of ketones is 1. The predicted octanol–water partition coefficient (Wildman–Crippen LogP) is 1.06. The number of rotatable bonds is 0. The number of carbonyl (C=O) groups excluding carboxylic acids is 1. The fourth-order valence-electron chi connectivity index (χ4n) is 2.39. The fraction of sp³-hybridized carbons (Fsp3) is 0.889. The minimum Gasteiger partial charge on any atom is -0.299 e. The lowest BCUT2D eigenvalue weighted by molar-refractivity contribution is -0.127. The van der Waals surface area contributed by atoms with E-state index in [-0.39, 0.29) is 0 Å². The number of hydrogen-bond donors (Lipinski definition) is 0. The lowest BCUT2D eigenvalue weighted by Crippen LogP contribution is -2.44. The van der Waals surface area contributed by atoms with E-state index < -0.39 is 0 Å². The van der Waals surface area contributed by atoms with Crippen LogP contribution in [0, 0.1) is 5.92 Å². The van der Waals surface area contributed by atoms with Gasteiger partial charge in [0.05, 0.1) is 0 Å². The number of carbonyl (C=O) groups is 1. The van der Waals surface area contributed by atoms with Crippen molar-refractivity contribution in [3.05, 3.63) is 0 Å². The molecule has 2 heteroatoms. The minimum atomic E-state index is 0.311. The molecule has 0 spiro atoms. The van der Waals surface area contributed by atoms with E-state index in [1.54, 1.807) is 0 Å². The topological polar surface area (TPSA) is 20.3 Å². The Kier molecular flexibility index (Phi) is 1.72. The van der Waals surface area contributed by atoms with Crippen LogP contribution in [0.1, 0.15) is 26.2 Å². The number of Topliss-reactive ketones (excluding diaryl/α,β-unsaturated/α-hetero) is 1. The average Bonchev–Trinajstić information content (AvgIpc) is 2.45. The molecule has 0 aromatic heterocycles. The normalized spacial score (nSPS) is 39.2. The molecule has 2 rings (SSSR count). The zero-order valence-electron chi connectivity index (χ0n) is 7.05. The van der Waals surface area contributed by atoms with Gasteiger partial charge in [-0.2, -0.15) is 0 Å². The third-order valence-electron chi connectivity index (χ3n) is 3.14. The Bertz CT molecular complexity index is 178. The van der Waals surface area contributed by atoms with Gasteiger partial charge in [-0.1, -0.05) is 6.92 Å². The van der Waals surface area contributed by atoms with Gasteiger partial charge < -0.3 is 0 Å². The van der Waals surface area contributed by atoms with Gasteiger partial charge in [0.2, 0.25) is 0 Å². The van der Waals surface area contributed by atoms with Crippen molar-refractivity contribution in [3.8, 4) is 0 Å². The van der Waals surface area contributed by atoms with Gasteiger partial charge in [-0.15, -0.1) is 0 Å². The first-order valence-corrected chi connectivity index (χ1v) is 4.56. The predicted molar refractivity (Wildman–Crippen MR) is 43.4 cm³/mol. The van der Waals surface area contributed by atoms with Gasteiger partial charge in [0.1, 0.15) is 5.78 Å². The summed E-state index contributed by atoms with van der Waals surface area (Å²) < 4.78 is 0. The van der Waals surface area contributed by atoms with Crippen LogP contribution in [0.4, 0.5) is 0 Å². The Morgan fingerprint density at radius 3 is 3.09 bits per heavy atom. The molecule has 2 heterocycles. The molecule has 11 heavy (non-hydrogen) atoms. The van der Waals surface area contributed by atoms with Gasteiger partial charge >= 0.3 is 0 Å². The maximum absolute atomic E-state index is 11.3. The third kappa shape index (κ3) is 1.09. The van der Waals surface area contributed by atoms with Gasteiger partial charge in [0.15, 0.2) is 0 Å². The molecule has 0 saturated carbocycles. The Morgan fingerprint density at radius 2 is 2.27 bits per heavy atom. The van der Waals surface area contributed by atoms with Gasteiger partial charge in [0.25, 0.3) is 0 Å². The van der Waals surface area contributed by atoms with E-state index in [0.717, 1.165) is 13.0 Å². The van der Waals surface area contributed by atoms with Crippen LogP contribution in [0.15, 0.2) is 0 Å². The van der Waals surface area contributed by atoms with Crippen LogP contribution >= 0.6 is 0 Å². The van der Waals surface area contributed by atoms with Crippen LogP contribution in [-0.2, 0) is 4.79 Å². The highest BCUT2D eigenvalue weighted by atomic mass is 16.1. The maximum Gasteiger partial charge on any atom is 0.138 e. The highest BCUT2D eigenvalue weighted by Crippen LogP contribution is 2.28. The van der Waals surface area contributed by atoms with Crippen molar-refractivity contribution < 1.29 is 4.79 Å². The molecule has 0 amide bonds. The first-order chi connectivity index (χ1) is 5.29. The molecular weight excluding hydrogens is 138 g/mol. The first-order valence-electron chi connectivity index (χ1n) is 4.56. The van der Waals surface area contributed by atoms with E-state index in [1.807, 2.05) is 0 Å². The standard InChI is InChI=1S/C9H15NO/c1-7-8-3-2-5-10(8)6-4-9(7)11/h7-8H,2-6H2,1H3/t7?,8-/m0/s1. The minimum absolute atomic E-state index is 0.311. The molecule has 2 fully saturated rings. The quantitative estimate of drug-likeness (QED) is 0.518. The number of nitrogens with zero attached hydrogens (tertiary/aromatic N) is 1. The highest BCUT2D eigenvalue weighted by Gasteiger charge is 2.36. The Hall–Kier alpha value is -0.370. The van der Waals surface area contributed by atoms with Crippen LogP contribution in [0.3, 0.4) is 0 Å². The summed E-state index contributed by atoms with van der Waals surface area (Å²) in [6.45, 7) is 4.33. The monoisotopic (exact) mass is 153 g/mol. The molecule has 0 N–H and O–H groups in total. The van der Waals surface area contributed by atoms with Gasteiger partial charge in [-0.05, 0) is 19.4 Å². The lowest BCUT2D eigenvalue weighted by atomic mass is 9.90. The molecule has 2 aliphatic heterocycles. The van der Waals surface area contributed by atoms with E-state index >= 15 is 0 Å². The summed E-state index contributed by atoms with van der Waals surface area (Å²) in [5.41, 5.74) is 0. The van der Waals surface area contributed by atoms with Crippen molar-refractivity contribution in [2.24, 2.45) is 5.92 Å². The summed E-state index contributed by atoms with van der Waals surface area (Å²) in [5.74, 6) is 0.791. The number of piperidine rings is 1. The molecule has 62 valence electrons. The molecule has 2 nitrogen and oxygen atoms in total. The van der Waals surface area contributed by atoms with E-state index in [1.165, 1.54) is 19.4 Å². The average molecular weight is 153 g/mol.